The van der Waals surface area contributed by atoms with E-state index in [0.717, 1.165) is 50.6 Å². The molecule has 0 aliphatic carbocycles. The molecule has 0 radical (unpaired) electrons. The maximum absolute atomic E-state index is 5.24. The van der Waals surface area contributed by atoms with Gasteiger partial charge < -0.3 is 19.7 Å². The lowest BCUT2D eigenvalue weighted by atomic mass is 10.2. The van der Waals surface area contributed by atoms with Crippen molar-refractivity contribution < 1.29 is 9.47 Å². The Morgan fingerprint density at radius 2 is 1.53 bits per heavy atom. The highest BCUT2D eigenvalue weighted by Gasteiger charge is 2.10. The third-order valence-corrected chi connectivity index (χ3v) is 5.83. The molecule has 4 rings (SSSR count). The summed E-state index contributed by atoms with van der Waals surface area (Å²) in [7, 11) is 5.37. The van der Waals surface area contributed by atoms with E-state index in [2.05, 4.69) is 43.3 Å². The Labute approximate surface area is 196 Å². The average molecular weight is 493 g/mol. The molecule has 0 fully saturated rings. The van der Waals surface area contributed by atoms with E-state index < -0.39 is 0 Å². The molecule has 0 aliphatic heterocycles. The number of nitrogens with zero attached hydrogens (tertiary/aromatic N) is 3. The molecule has 164 valence electrons. The second-order valence-corrected chi connectivity index (χ2v) is 8.31. The quantitative estimate of drug-likeness (QED) is 0.342. The topological polar surface area (TPSA) is 59.5 Å². The van der Waals surface area contributed by atoms with Gasteiger partial charge in [0, 0.05) is 37.8 Å². The number of hydrogen-bond acceptors (Lipinski definition) is 6. The lowest BCUT2D eigenvalue weighted by molar-refractivity contribution is 0.414. The summed E-state index contributed by atoms with van der Waals surface area (Å²) in [5.41, 5.74) is 3.21. The Kier molecular flexibility index (Phi) is 6.75. The number of aromatic nitrogens is 2. The molecule has 0 amide bonds. The molecular formula is C25H25BrN4O2. The number of methoxy groups -OCH3 is 2. The van der Waals surface area contributed by atoms with Gasteiger partial charge in [-0.25, -0.2) is 9.97 Å². The van der Waals surface area contributed by atoms with Gasteiger partial charge in [-0.05, 0) is 57.4 Å². The highest BCUT2D eigenvalue weighted by molar-refractivity contribution is 9.10. The van der Waals surface area contributed by atoms with Crippen LogP contribution in [0.4, 0.5) is 11.6 Å². The highest BCUT2D eigenvalue weighted by atomic mass is 79.9. The van der Waals surface area contributed by atoms with E-state index in [1.54, 1.807) is 14.2 Å². The predicted octanol–water partition coefficient (Wildman–Crippen LogP) is 5.66. The largest absolute Gasteiger partial charge is 0.497 e. The third kappa shape index (κ3) is 5.11. The molecule has 4 aromatic rings. The molecule has 32 heavy (non-hydrogen) atoms. The van der Waals surface area contributed by atoms with Gasteiger partial charge >= 0.3 is 0 Å². The molecule has 0 saturated carbocycles. The first-order valence-corrected chi connectivity index (χ1v) is 11.0. The Morgan fingerprint density at radius 1 is 0.906 bits per heavy atom. The zero-order valence-corrected chi connectivity index (χ0v) is 19.9. The summed E-state index contributed by atoms with van der Waals surface area (Å²) in [5.74, 6) is 3.36. The molecule has 0 saturated heterocycles. The van der Waals surface area contributed by atoms with Gasteiger partial charge in [0.1, 0.15) is 23.1 Å². The maximum atomic E-state index is 5.24. The van der Waals surface area contributed by atoms with Crippen LogP contribution in [0.2, 0.25) is 0 Å². The number of ether oxygens (including phenoxy) is 2. The maximum Gasteiger partial charge on any atom is 0.141 e. The number of nitrogens with one attached hydrogen (secondary N) is 1. The van der Waals surface area contributed by atoms with Gasteiger partial charge in [0.25, 0.3) is 0 Å². The van der Waals surface area contributed by atoms with E-state index in [-0.39, 0.29) is 0 Å². The van der Waals surface area contributed by atoms with Crippen molar-refractivity contribution in [2.75, 3.05) is 31.5 Å². The van der Waals surface area contributed by atoms with Crippen LogP contribution in [-0.2, 0) is 13.1 Å². The van der Waals surface area contributed by atoms with Crippen LogP contribution in [0.3, 0.4) is 0 Å². The van der Waals surface area contributed by atoms with E-state index in [0.29, 0.717) is 6.54 Å². The molecule has 0 spiro atoms. The van der Waals surface area contributed by atoms with E-state index in [4.69, 9.17) is 14.5 Å². The van der Waals surface area contributed by atoms with Crippen molar-refractivity contribution in [2.45, 2.75) is 13.1 Å². The molecule has 0 bridgehead atoms. The van der Waals surface area contributed by atoms with Crippen molar-refractivity contribution in [3.63, 3.8) is 0 Å². The fourth-order valence-corrected chi connectivity index (χ4v) is 3.85. The molecule has 0 unspecified atom stereocenters. The van der Waals surface area contributed by atoms with Crippen molar-refractivity contribution >= 4 is 38.5 Å². The van der Waals surface area contributed by atoms with Gasteiger partial charge in [-0.1, -0.05) is 24.3 Å². The first-order valence-electron chi connectivity index (χ1n) is 10.2. The van der Waals surface area contributed by atoms with Crippen molar-refractivity contribution in [3.05, 3.63) is 82.5 Å². The molecule has 0 aliphatic rings. The van der Waals surface area contributed by atoms with Gasteiger partial charge in [-0.3, -0.25) is 0 Å². The highest BCUT2D eigenvalue weighted by Crippen LogP contribution is 2.28. The van der Waals surface area contributed by atoms with Crippen LogP contribution < -0.4 is 19.7 Å². The Bertz CT molecular complexity index is 1200. The summed E-state index contributed by atoms with van der Waals surface area (Å²) in [4.78, 5) is 11.6. The minimum atomic E-state index is 0.663. The Morgan fingerprint density at radius 3 is 2.16 bits per heavy atom. The minimum absolute atomic E-state index is 0.663. The van der Waals surface area contributed by atoms with Crippen LogP contribution in [0.25, 0.3) is 10.9 Å². The number of pyridine rings is 2. The van der Waals surface area contributed by atoms with E-state index in [1.165, 1.54) is 5.56 Å². The lowest BCUT2D eigenvalue weighted by Gasteiger charge is -2.19. The molecule has 2 heterocycles. The first kappa shape index (κ1) is 21.9. The average Bonchev–Trinajstić information content (AvgIpc) is 2.83. The van der Waals surface area contributed by atoms with Gasteiger partial charge in [0.05, 0.1) is 24.2 Å². The van der Waals surface area contributed by atoms with Crippen LogP contribution in [0.15, 0.2) is 71.3 Å². The van der Waals surface area contributed by atoms with Gasteiger partial charge in [-0.15, -0.1) is 0 Å². The number of hydrogen-bond donors (Lipinski definition) is 1. The van der Waals surface area contributed by atoms with Crippen LogP contribution >= 0.6 is 15.9 Å². The summed E-state index contributed by atoms with van der Waals surface area (Å²) in [6.45, 7) is 1.40. The van der Waals surface area contributed by atoms with Crippen LogP contribution in [0, 0.1) is 0 Å². The summed E-state index contributed by atoms with van der Waals surface area (Å²) in [6, 6.07) is 20.1. The molecule has 7 heteroatoms. The van der Waals surface area contributed by atoms with E-state index in [9.17, 15) is 0 Å². The van der Waals surface area contributed by atoms with Crippen LogP contribution in [0.1, 0.15) is 11.1 Å². The van der Waals surface area contributed by atoms with Gasteiger partial charge in [0.15, 0.2) is 0 Å². The Balaban J connectivity index is 1.50. The zero-order chi connectivity index (χ0) is 22.5. The lowest BCUT2D eigenvalue weighted by Crippen LogP contribution is -2.17. The van der Waals surface area contributed by atoms with Crippen LogP contribution in [0.5, 0.6) is 11.5 Å². The van der Waals surface area contributed by atoms with E-state index in [1.807, 2.05) is 61.8 Å². The summed E-state index contributed by atoms with van der Waals surface area (Å²) in [6.07, 6.45) is 1.86. The number of halogens is 1. The second-order valence-electron chi connectivity index (χ2n) is 7.46. The summed E-state index contributed by atoms with van der Waals surface area (Å²) >= 11 is 3.62. The molecule has 2 aromatic heterocycles. The predicted molar refractivity (Wildman–Crippen MR) is 133 cm³/mol. The van der Waals surface area contributed by atoms with Crippen molar-refractivity contribution in [1.82, 2.24) is 9.97 Å². The van der Waals surface area contributed by atoms with Gasteiger partial charge in [0.2, 0.25) is 0 Å². The zero-order valence-electron chi connectivity index (χ0n) is 18.3. The Hall–Kier alpha value is -3.32. The third-order valence-electron chi connectivity index (χ3n) is 5.23. The number of benzene rings is 2. The van der Waals surface area contributed by atoms with Crippen molar-refractivity contribution in [1.29, 1.82) is 0 Å². The standard InChI is InChI=1S/C25H25BrN4O2/c1-30(16-18-6-10-21(32-3)11-7-18)24-13-23-19(15-27-24)12-22(26)25(29-23)28-14-17-4-8-20(31-2)9-5-17/h4-13,15H,14,16H2,1-3H3,(H,28,29). The molecular weight excluding hydrogens is 468 g/mol. The van der Waals surface area contributed by atoms with Crippen LogP contribution in [-0.4, -0.2) is 31.2 Å². The minimum Gasteiger partial charge on any atom is -0.497 e. The SMILES string of the molecule is COc1ccc(CNc2nc3cc(N(C)Cc4ccc(OC)cc4)ncc3cc2Br)cc1. The first-order chi connectivity index (χ1) is 15.6. The smallest absolute Gasteiger partial charge is 0.141 e. The fraction of sp³-hybridized carbons (Fsp3) is 0.200. The molecule has 1 N–H and O–H groups in total. The molecule has 2 aromatic carbocycles. The number of anilines is 2. The summed E-state index contributed by atoms with van der Waals surface area (Å²) in [5, 5.41) is 4.39. The molecule has 6 nitrogen and oxygen atoms in total. The van der Waals surface area contributed by atoms with Crippen molar-refractivity contribution in [2.24, 2.45) is 0 Å². The second kappa shape index (κ2) is 9.87. The van der Waals surface area contributed by atoms with Gasteiger partial charge in [-0.2, -0.15) is 0 Å². The number of rotatable bonds is 8. The van der Waals surface area contributed by atoms with E-state index >= 15 is 0 Å². The normalized spacial score (nSPS) is 10.8. The monoisotopic (exact) mass is 492 g/mol. The summed E-state index contributed by atoms with van der Waals surface area (Å²) < 4.78 is 11.4. The van der Waals surface area contributed by atoms with Crippen molar-refractivity contribution in [3.8, 4) is 11.5 Å². The number of fused-ring (bicyclic) bond motifs is 1. The molecule has 0 atom stereocenters. The fourth-order valence-electron chi connectivity index (χ4n) is 3.38.